The van der Waals surface area contributed by atoms with E-state index in [0.717, 1.165) is 33.8 Å². The average Bonchev–Trinajstić information content (AvgIpc) is 3.00. The molecule has 1 N–H and O–H groups in total. The van der Waals surface area contributed by atoms with E-state index >= 15 is 0 Å². The highest BCUT2D eigenvalue weighted by Crippen LogP contribution is 2.34. The first kappa shape index (κ1) is 13.6. The summed E-state index contributed by atoms with van der Waals surface area (Å²) in [5.74, 6) is 0.0293. The summed E-state index contributed by atoms with van der Waals surface area (Å²) in [6.45, 7) is 2.60. The monoisotopic (exact) mass is 351 g/mol. The molecule has 0 spiro atoms. The number of hydrogen-bond donors (Lipinski definition) is 1. The van der Waals surface area contributed by atoms with Crippen LogP contribution in [-0.4, -0.2) is 23.9 Å². The van der Waals surface area contributed by atoms with Gasteiger partial charge in [-0.1, -0.05) is 15.9 Å². The van der Waals surface area contributed by atoms with Gasteiger partial charge in [-0.3, -0.25) is 4.79 Å². The molecule has 1 aliphatic rings. The molecule has 1 aromatic heterocycles. The molecule has 2 aromatic rings. The van der Waals surface area contributed by atoms with Crippen LogP contribution in [0.5, 0.6) is 0 Å². The lowest BCUT2D eigenvalue weighted by molar-refractivity contribution is 0.0989. The van der Waals surface area contributed by atoms with Crippen LogP contribution in [-0.2, 0) is 6.42 Å². The minimum atomic E-state index is 0.0293. The fourth-order valence-electron chi connectivity index (χ4n) is 2.51. The number of rotatable bonds is 2. The Labute approximate surface area is 130 Å². The van der Waals surface area contributed by atoms with E-state index < -0.39 is 0 Å². The number of aromatic nitrogens is 1. The second kappa shape index (κ2) is 5.18. The third-order valence-corrected chi connectivity index (χ3v) is 4.94. The molecule has 1 amide bonds. The molecule has 0 aliphatic carbocycles. The lowest BCUT2D eigenvalue weighted by Gasteiger charge is -2.18. The number of hydrogen-bond acceptors (Lipinski definition) is 4. The van der Waals surface area contributed by atoms with Crippen molar-refractivity contribution in [1.29, 1.82) is 0 Å². The second-order valence-corrected chi connectivity index (χ2v) is 6.39. The molecule has 0 saturated carbocycles. The van der Waals surface area contributed by atoms with Crippen LogP contribution in [0, 0.1) is 6.92 Å². The predicted octanol–water partition coefficient (Wildman–Crippen LogP) is 3.46. The number of anilines is 2. The number of carbonyl (C=O) groups is 1. The van der Waals surface area contributed by atoms with Gasteiger partial charge in [0.25, 0.3) is 5.91 Å². The zero-order chi connectivity index (χ0) is 14.3. The second-order valence-electron chi connectivity index (χ2n) is 4.70. The number of halogens is 1. The van der Waals surface area contributed by atoms with Gasteiger partial charge in [-0.25, -0.2) is 0 Å². The molecule has 20 heavy (non-hydrogen) atoms. The first-order chi connectivity index (χ1) is 9.61. The van der Waals surface area contributed by atoms with Crippen molar-refractivity contribution in [2.45, 2.75) is 13.3 Å². The number of benzene rings is 1. The molecule has 3 rings (SSSR count). The zero-order valence-corrected chi connectivity index (χ0v) is 13.6. The van der Waals surface area contributed by atoms with E-state index in [1.807, 2.05) is 31.0 Å². The maximum atomic E-state index is 12.8. The molecule has 2 heterocycles. The van der Waals surface area contributed by atoms with Crippen LogP contribution in [0.2, 0.25) is 0 Å². The molecule has 1 aromatic carbocycles. The summed E-state index contributed by atoms with van der Waals surface area (Å²) in [7, 11) is 1.82. The van der Waals surface area contributed by atoms with Gasteiger partial charge in [0.2, 0.25) is 0 Å². The maximum absolute atomic E-state index is 12.8. The Morgan fingerprint density at radius 3 is 3.05 bits per heavy atom. The van der Waals surface area contributed by atoms with Crippen LogP contribution in [0.15, 0.2) is 22.7 Å². The maximum Gasteiger partial charge on any atom is 0.263 e. The van der Waals surface area contributed by atoms with Crippen molar-refractivity contribution in [3.05, 3.63) is 39.5 Å². The van der Waals surface area contributed by atoms with Crippen LogP contribution in [0.4, 0.5) is 10.7 Å². The number of aryl methyl sites for hydroxylation is 1. The molecule has 104 valence electrons. The Balaban J connectivity index is 2.00. The minimum Gasteiger partial charge on any atom is -0.378 e. The molecule has 0 radical (unpaired) electrons. The molecule has 0 bridgehead atoms. The lowest BCUT2D eigenvalue weighted by atomic mass is 10.1. The number of fused-ring (bicyclic) bond motifs is 1. The van der Waals surface area contributed by atoms with Crippen LogP contribution in [0.3, 0.4) is 0 Å². The first-order valence-electron chi connectivity index (χ1n) is 6.36. The third-order valence-electron chi connectivity index (χ3n) is 3.49. The Morgan fingerprint density at radius 1 is 1.50 bits per heavy atom. The molecular weight excluding hydrogens is 338 g/mol. The number of amides is 1. The van der Waals surface area contributed by atoms with E-state index in [0.29, 0.717) is 5.56 Å². The van der Waals surface area contributed by atoms with Gasteiger partial charge in [-0.15, -0.1) is 0 Å². The summed E-state index contributed by atoms with van der Waals surface area (Å²) >= 11 is 4.80. The Kier molecular flexibility index (Phi) is 3.52. The normalized spacial score (nSPS) is 13.4. The van der Waals surface area contributed by atoms with Gasteiger partial charge in [-0.2, -0.15) is 4.37 Å². The van der Waals surface area contributed by atoms with Crippen molar-refractivity contribution in [3.8, 4) is 0 Å². The molecular formula is C14H14BrN3OS. The van der Waals surface area contributed by atoms with Crippen molar-refractivity contribution in [2.75, 3.05) is 23.8 Å². The highest BCUT2D eigenvalue weighted by Gasteiger charge is 2.29. The molecule has 0 atom stereocenters. The summed E-state index contributed by atoms with van der Waals surface area (Å²) in [5, 5.41) is 3.89. The SMILES string of the molecule is CNc1snc(C)c1C(=O)N1CCc2cc(Br)ccc21. The minimum absolute atomic E-state index is 0.0293. The molecule has 0 fully saturated rings. The Morgan fingerprint density at radius 2 is 2.30 bits per heavy atom. The summed E-state index contributed by atoms with van der Waals surface area (Å²) in [6.07, 6.45) is 0.895. The van der Waals surface area contributed by atoms with Gasteiger partial charge in [0.1, 0.15) is 5.00 Å². The Hall–Kier alpha value is -1.40. The van der Waals surface area contributed by atoms with Crippen molar-refractivity contribution in [1.82, 2.24) is 4.37 Å². The van der Waals surface area contributed by atoms with Gasteiger partial charge in [0, 0.05) is 23.8 Å². The van der Waals surface area contributed by atoms with E-state index in [2.05, 4.69) is 31.7 Å². The highest BCUT2D eigenvalue weighted by molar-refractivity contribution is 9.10. The summed E-state index contributed by atoms with van der Waals surface area (Å²) < 4.78 is 5.32. The molecule has 0 saturated heterocycles. The highest BCUT2D eigenvalue weighted by atomic mass is 79.9. The standard InChI is InChI=1S/C14H14BrN3OS/c1-8-12(13(16-2)20-17-8)14(19)18-6-5-9-7-10(15)3-4-11(9)18/h3-4,7,16H,5-6H2,1-2H3. The Bertz CT molecular complexity index is 683. The van der Waals surface area contributed by atoms with E-state index in [1.54, 1.807) is 0 Å². The van der Waals surface area contributed by atoms with Gasteiger partial charge in [0.05, 0.1) is 11.3 Å². The first-order valence-corrected chi connectivity index (χ1v) is 7.92. The molecule has 0 unspecified atom stereocenters. The van der Waals surface area contributed by atoms with E-state index in [4.69, 9.17) is 0 Å². The number of nitrogens with zero attached hydrogens (tertiary/aromatic N) is 2. The van der Waals surface area contributed by atoms with Crippen molar-refractivity contribution < 1.29 is 4.79 Å². The molecule has 4 nitrogen and oxygen atoms in total. The fourth-order valence-corrected chi connectivity index (χ4v) is 3.65. The van der Waals surface area contributed by atoms with E-state index in [-0.39, 0.29) is 5.91 Å². The average molecular weight is 352 g/mol. The summed E-state index contributed by atoms with van der Waals surface area (Å²) in [6, 6.07) is 6.06. The van der Waals surface area contributed by atoms with Crippen LogP contribution >= 0.6 is 27.5 Å². The van der Waals surface area contributed by atoms with Crippen molar-refractivity contribution >= 4 is 44.1 Å². The number of carbonyl (C=O) groups excluding carboxylic acids is 1. The summed E-state index contributed by atoms with van der Waals surface area (Å²) in [4.78, 5) is 14.6. The van der Waals surface area contributed by atoms with Crippen molar-refractivity contribution in [3.63, 3.8) is 0 Å². The summed E-state index contributed by atoms with van der Waals surface area (Å²) in [5.41, 5.74) is 3.69. The number of nitrogens with one attached hydrogen (secondary N) is 1. The van der Waals surface area contributed by atoms with E-state index in [9.17, 15) is 4.79 Å². The van der Waals surface area contributed by atoms with Gasteiger partial charge in [0.15, 0.2) is 0 Å². The predicted molar refractivity (Wildman–Crippen MR) is 85.9 cm³/mol. The fraction of sp³-hybridized carbons (Fsp3) is 0.286. The van der Waals surface area contributed by atoms with Crippen LogP contribution in [0.1, 0.15) is 21.6 Å². The smallest absolute Gasteiger partial charge is 0.263 e. The zero-order valence-electron chi connectivity index (χ0n) is 11.2. The largest absolute Gasteiger partial charge is 0.378 e. The third kappa shape index (κ3) is 2.13. The molecule has 6 heteroatoms. The van der Waals surface area contributed by atoms with Crippen LogP contribution in [0.25, 0.3) is 0 Å². The van der Waals surface area contributed by atoms with Gasteiger partial charge in [-0.05, 0) is 48.6 Å². The molecule has 1 aliphatic heterocycles. The van der Waals surface area contributed by atoms with Gasteiger partial charge >= 0.3 is 0 Å². The van der Waals surface area contributed by atoms with Gasteiger partial charge < -0.3 is 10.2 Å². The van der Waals surface area contributed by atoms with Crippen molar-refractivity contribution in [2.24, 2.45) is 0 Å². The van der Waals surface area contributed by atoms with Crippen LogP contribution < -0.4 is 10.2 Å². The quantitative estimate of drug-likeness (QED) is 0.900. The topological polar surface area (TPSA) is 45.2 Å². The van der Waals surface area contributed by atoms with E-state index in [1.165, 1.54) is 17.1 Å². The lowest BCUT2D eigenvalue weighted by Crippen LogP contribution is -2.29.